The minimum Gasteiger partial charge on any atom is -0.508 e. The van der Waals surface area contributed by atoms with Crippen molar-refractivity contribution >= 4 is 5.97 Å². The second kappa shape index (κ2) is 9.32. The van der Waals surface area contributed by atoms with Gasteiger partial charge in [-0.1, -0.05) is 12.1 Å². The Morgan fingerprint density at radius 2 is 1.76 bits per heavy atom. The summed E-state index contributed by atoms with van der Waals surface area (Å²) in [6.07, 6.45) is -3.76. The molecule has 3 aromatic carbocycles. The summed E-state index contributed by atoms with van der Waals surface area (Å²) < 4.78 is 59.2. The molecule has 0 saturated heterocycles. The van der Waals surface area contributed by atoms with Crippen molar-refractivity contribution in [1.29, 1.82) is 0 Å². The molecule has 5 rings (SSSR count). The van der Waals surface area contributed by atoms with Gasteiger partial charge >= 0.3 is 12.1 Å². The van der Waals surface area contributed by atoms with Crippen LogP contribution in [0.3, 0.4) is 0 Å². The van der Waals surface area contributed by atoms with Gasteiger partial charge in [-0.3, -0.25) is 4.79 Å². The van der Waals surface area contributed by atoms with E-state index < -0.39 is 17.8 Å². The first-order valence-corrected chi connectivity index (χ1v) is 12.1. The van der Waals surface area contributed by atoms with Crippen LogP contribution in [-0.4, -0.2) is 24.8 Å². The summed E-state index contributed by atoms with van der Waals surface area (Å²) in [5, 5.41) is 9.96. The number of phenolic OH excluding ortho intramolecular Hbond substituents is 1. The zero-order valence-corrected chi connectivity index (χ0v) is 20.7. The summed E-state index contributed by atoms with van der Waals surface area (Å²) in [5.41, 5.74) is 3.37. The van der Waals surface area contributed by atoms with Gasteiger partial charge in [-0.05, 0) is 84.3 Å². The third-order valence-corrected chi connectivity index (χ3v) is 7.21. The quantitative estimate of drug-likeness (QED) is 0.381. The molecule has 0 aromatic heterocycles. The van der Waals surface area contributed by atoms with E-state index in [1.807, 2.05) is 6.07 Å². The van der Waals surface area contributed by atoms with Crippen LogP contribution >= 0.6 is 0 Å². The lowest BCUT2D eigenvalue weighted by Gasteiger charge is -2.22. The van der Waals surface area contributed by atoms with Gasteiger partial charge in [0.25, 0.3) is 0 Å². The van der Waals surface area contributed by atoms with Gasteiger partial charge in [-0.25, -0.2) is 0 Å². The fraction of sp³-hybridized carbons (Fsp3) is 0.345. The predicted molar refractivity (Wildman–Crippen MR) is 131 cm³/mol. The Bertz CT molecular complexity index is 1360. The van der Waals surface area contributed by atoms with Crippen molar-refractivity contribution in [2.45, 2.75) is 51.3 Å². The molecule has 0 fully saturated rings. The summed E-state index contributed by atoms with van der Waals surface area (Å²) in [6.45, 7) is 3.79. The number of rotatable bonds is 5. The molecule has 1 heterocycles. The lowest BCUT2D eigenvalue weighted by Crippen LogP contribution is -2.11. The number of carbonyl (C=O) groups excluding carboxylic acids is 1. The number of methoxy groups -OCH3 is 1. The smallest absolute Gasteiger partial charge is 0.417 e. The first-order valence-electron chi connectivity index (χ1n) is 12.1. The lowest BCUT2D eigenvalue weighted by molar-refractivity contribution is -0.141. The molecule has 2 atom stereocenters. The number of aromatic hydroxyl groups is 1. The highest BCUT2D eigenvalue weighted by Crippen LogP contribution is 2.48. The number of ether oxygens (including phenoxy) is 3. The number of aryl methyl sites for hydroxylation is 2. The predicted octanol–water partition coefficient (Wildman–Crippen LogP) is 6.80. The van der Waals surface area contributed by atoms with Gasteiger partial charge < -0.3 is 19.3 Å². The Hall–Kier alpha value is -3.68. The maximum atomic E-state index is 14.1. The maximum Gasteiger partial charge on any atom is 0.417 e. The highest BCUT2D eigenvalue weighted by Gasteiger charge is 2.39. The second-order valence-corrected chi connectivity index (χ2v) is 9.64. The van der Waals surface area contributed by atoms with Gasteiger partial charge in [0.15, 0.2) is 0 Å². The van der Waals surface area contributed by atoms with Gasteiger partial charge in [-0.2, -0.15) is 13.2 Å². The largest absolute Gasteiger partial charge is 0.508 e. The van der Waals surface area contributed by atoms with Crippen molar-refractivity contribution in [2.75, 3.05) is 13.7 Å². The molecule has 0 amide bonds. The number of phenols is 1. The Kier molecular flexibility index (Phi) is 6.30. The summed E-state index contributed by atoms with van der Waals surface area (Å²) in [4.78, 5) is 11.7. The van der Waals surface area contributed by atoms with Gasteiger partial charge in [0.2, 0.25) is 0 Å². The van der Waals surface area contributed by atoms with Crippen molar-refractivity contribution in [3.05, 3.63) is 75.8 Å². The van der Waals surface area contributed by atoms with Crippen LogP contribution in [0.5, 0.6) is 17.2 Å². The second-order valence-electron chi connectivity index (χ2n) is 9.64. The molecule has 0 spiro atoms. The van der Waals surface area contributed by atoms with Crippen molar-refractivity contribution in [3.63, 3.8) is 0 Å². The molecule has 0 radical (unpaired) electrons. The van der Waals surface area contributed by atoms with Crippen molar-refractivity contribution < 1.29 is 37.3 Å². The van der Waals surface area contributed by atoms with E-state index in [4.69, 9.17) is 14.2 Å². The maximum absolute atomic E-state index is 14.1. The van der Waals surface area contributed by atoms with E-state index >= 15 is 0 Å². The van der Waals surface area contributed by atoms with Crippen LogP contribution in [0, 0.1) is 13.8 Å². The van der Waals surface area contributed by atoms with Crippen LogP contribution in [0.2, 0.25) is 0 Å². The minimum atomic E-state index is -4.53. The number of fused-ring (bicyclic) bond motifs is 2. The third kappa shape index (κ3) is 4.61. The highest BCUT2D eigenvalue weighted by atomic mass is 19.4. The van der Waals surface area contributed by atoms with E-state index in [9.17, 15) is 23.1 Å². The van der Waals surface area contributed by atoms with Crippen molar-refractivity contribution in [1.82, 2.24) is 0 Å². The number of carbonyl (C=O) groups is 1. The Balaban J connectivity index is 1.49. The molecule has 194 valence electrons. The Morgan fingerprint density at radius 1 is 1.05 bits per heavy atom. The summed E-state index contributed by atoms with van der Waals surface area (Å²) in [7, 11) is 1.35. The van der Waals surface area contributed by atoms with Crippen LogP contribution in [0.1, 0.15) is 58.2 Å². The minimum absolute atomic E-state index is 0.0220. The number of hydrogen-bond acceptors (Lipinski definition) is 5. The Morgan fingerprint density at radius 3 is 2.43 bits per heavy atom. The molecule has 3 aromatic rings. The molecule has 0 bridgehead atoms. The summed E-state index contributed by atoms with van der Waals surface area (Å²) in [5.74, 6) is 0.803. The van der Waals surface area contributed by atoms with Crippen molar-refractivity contribution in [2.24, 2.45) is 0 Å². The Labute approximate surface area is 212 Å². The van der Waals surface area contributed by atoms with E-state index in [0.717, 1.165) is 17.2 Å². The average Bonchev–Trinajstić information content (AvgIpc) is 3.41. The van der Waals surface area contributed by atoms with Crippen LogP contribution in [0.4, 0.5) is 13.2 Å². The van der Waals surface area contributed by atoms with E-state index in [1.165, 1.54) is 25.3 Å². The molecular formula is C29H27F3O5. The number of benzene rings is 3. The molecule has 8 heteroatoms. The normalized spacial score (nSPS) is 18.2. The van der Waals surface area contributed by atoms with Crippen LogP contribution in [0.25, 0.3) is 11.1 Å². The fourth-order valence-electron chi connectivity index (χ4n) is 5.59. The van der Waals surface area contributed by atoms with Gasteiger partial charge in [0.05, 0.1) is 25.7 Å². The standard InChI is InChI=1S/C29H27F3O5/c1-15-10-18(33)11-16(2)27(15)28-22-7-9-24(21(22)6-8-23(28)29(30,31)32)37-19-4-5-20-17(12-26(34)35-3)14-36-25(20)13-19/h4-6,8,10-11,13,17,24,33H,7,9,12,14H2,1-3H3/t17-,24-/m1/s1. The molecule has 1 aliphatic carbocycles. The van der Waals surface area contributed by atoms with Crippen LogP contribution in [-0.2, 0) is 22.1 Å². The topological polar surface area (TPSA) is 65.0 Å². The van der Waals surface area contributed by atoms with E-state index in [-0.39, 0.29) is 29.6 Å². The monoisotopic (exact) mass is 512 g/mol. The van der Waals surface area contributed by atoms with E-state index in [2.05, 4.69) is 0 Å². The molecule has 1 aliphatic heterocycles. The van der Waals surface area contributed by atoms with Gasteiger partial charge in [0.1, 0.15) is 23.4 Å². The lowest BCUT2D eigenvalue weighted by atomic mass is 9.86. The molecule has 2 aliphatic rings. The molecule has 37 heavy (non-hydrogen) atoms. The van der Waals surface area contributed by atoms with Gasteiger partial charge in [-0.15, -0.1) is 0 Å². The number of halogens is 3. The highest BCUT2D eigenvalue weighted by molar-refractivity contribution is 5.79. The van der Waals surface area contributed by atoms with Crippen LogP contribution < -0.4 is 9.47 Å². The molecular weight excluding hydrogens is 485 g/mol. The van der Waals surface area contributed by atoms with Gasteiger partial charge in [0, 0.05) is 17.5 Å². The van der Waals surface area contributed by atoms with Crippen LogP contribution in [0.15, 0.2) is 42.5 Å². The zero-order chi connectivity index (χ0) is 26.5. The number of alkyl halides is 3. The van der Waals surface area contributed by atoms with E-state index in [1.54, 1.807) is 26.0 Å². The van der Waals surface area contributed by atoms with Crippen molar-refractivity contribution in [3.8, 4) is 28.4 Å². The van der Waals surface area contributed by atoms with E-state index in [0.29, 0.717) is 53.2 Å². The summed E-state index contributed by atoms with van der Waals surface area (Å²) >= 11 is 0. The number of hydrogen-bond donors (Lipinski definition) is 1. The summed E-state index contributed by atoms with van der Waals surface area (Å²) in [6, 6.07) is 11.1. The molecule has 5 nitrogen and oxygen atoms in total. The first-order chi connectivity index (χ1) is 17.6. The SMILES string of the molecule is COC(=O)C[C@@H]1COc2cc(O[C@@H]3CCc4c3ccc(C(F)(F)F)c4-c3c(C)cc(O)cc3C)ccc21. The first kappa shape index (κ1) is 25.0. The third-order valence-electron chi connectivity index (χ3n) is 7.21. The zero-order valence-electron chi connectivity index (χ0n) is 20.7. The average molecular weight is 513 g/mol. The molecule has 0 saturated carbocycles. The molecule has 0 unspecified atom stereocenters. The molecule has 1 N–H and O–H groups in total. The number of esters is 1. The fourth-order valence-corrected chi connectivity index (χ4v) is 5.59.